The molecule has 344 valence electrons. The van der Waals surface area contributed by atoms with Crippen molar-refractivity contribution in [1.29, 1.82) is 0 Å². The van der Waals surface area contributed by atoms with Gasteiger partial charge in [0.1, 0.15) is 25.3 Å². The minimum atomic E-state index is -0.438. The molecule has 58 heavy (non-hydrogen) atoms. The van der Waals surface area contributed by atoms with Crippen LogP contribution in [0.5, 0.6) is 0 Å². The third kappa shape index (κ3) is 40.9. The van der Waals surface area contributed by atoms with Crippen molar-refractivity contribution in [3.63, 3.8) is 0 Å². The van der Waals surface area contributed by atoms with E-state index in [9.17, 15) is 19.8 Å². The molecule has 0 aromatic rings. The Labute approximate surface area is 358 Å². The second-order valence-corrected chi connectivity index (χ2v) is 17.5. The molecule has 0 radical (unpaired) electrons. The van der Waals surface area contributed by atoms with Gasteiger partial charge in [0.15, 0.2) is 0 Å². The first-order valence-electron chi connectivity index (χ1n) is 23.6. The molecular formula is C48H96N2O8+2. The number of ether oxygens (including phenoxy) is 4. The van der Waals surface area contributed by atoms with Crippen molar-refractivity contribution < 1.29 is 47.7 Å². The van der Waals surface area contributed by atoms with E-state index in [0.717, 1.165) is 47.7 Å². The van der Waals surface area contributed by atoms with E-state index in [2.05, 4.69) is 55.2 Å². The number of unbranched alkanes of at least 4 members (excludes halogenated alkanes) is 20. The molecule has 0 rings (SSSR count). The lowest BCUT2D eigenvalue weighted by atomic mass is 10.1. The van der Waals surface area contributed by atoms with Crippen molar-refractivity contribution in [2.75, 3.05) is 94.1 Å². The van der Waals surface area contributed by atoms with Crippen molar-refractivity contribution >= 4 is 11.9 Å². The average Bonchev–Trinajstić information content (AvgIpc) is 3.19. The zero-order valence-corrected chi connectivity index (χ0v) is 39.0. The predicted octanol–water partition coefficient (Wildman–Crippen LogP) is 9.74. The van der Waals surface area contributed by atoms with Crippen LogP contribution in [0, 0.1) is 0 Å². The second-order valence-electron chi connectivity index (χ2n) is 17.5. The van der Waals surface area contributed by atoms with Crippen molar-refractivity contribution in [2.45, 2.75) is 180 Å². The topological polar surface area (TPSA) is 112 Å². The fourth-order valence-corrected chi connectivity index (χ4v) is 6.92. The molecule has 10 heteroatoms. The summed E-state index contributed by atoms with van der Waals surface area (Å²) in [4.78, 5) is 21.8. The van der Waals surface area contributed by atoms with Crippen LogP contribution >= 0.6 is 0 Å². The molecule has 0 heterocycles. The highest BCUT2D eigenvalue weighted by molar-refractivity contribution is 5.81. The summed E-state index contributed by atoms with van der Waals surface area (Å²) in [6.45, 7) is 17.2. The van der Waals surface area contributed by atoms with Gasteiger partial charge in [0.2, 0.25) is 0 Å². The number of quaternary nitrogens is 2. The van der Waals surface area contributed by atoms with E-state index in [0.29, 0.717) is 46.2 Å². The zero-order chi connectivity index (χ0) is 43.6. The van der Waals surface area contributed by atoms with Crippen LogP contribution in [0.25, 0.3) is 0 Å². The Morgan fingerprint density at radius 2 is 0.897 bits per heavy atom. The van der Waals surface area contributed by atoms with Crippen LogP contribution < -0.4 is 0 Å². The molecule has 10 nitrogen and oxygen atoms in total. The Bertz CT molecular complexity index is 945. The lowest BCUT2D eigenvalue weighted by molar-refractivity contribution is -0.916. The summed E-state index contributed by atoms with van der Waals surface area (Å²) in [5.41, 5.74) is 0. The molecular weight excluding hydrogens is 733 g/mol. The van der Waals surface area contributed by atoms with E-state index in [4.69, 9.17) is 18.9 Å². The fraction of sp³-hybridized carbons (Fsp3) is 0.875. The number of hydrogen-bond donors (Lipinski definition) is 2. The first-order chi connectivity index (χ1) is 27.9. The van der Waals surface area contributed by atoms with Gasteiger partial charge in [0.05, 0.1) is 67.7 Å². The number of likely N-dealkylation sites (N-methyl/N-ethyl adjacent to an activating group) is 2. The molecule has 2 N–H and O–H groups in total. The Morgan fingerprint density at radius 3 is 1.29 bits per heavy atom. The van der Waals surface area contributed by atoms with E-state index < -0.39 is 6.10 Å². The van der Waals surface area contributed by atoms with Crippen molar-refractivity contribution in [2.24, 2.45) is 0 Å². The standard InChI is InChI=1S/2C24H48NO4/c1-5-7-8-9-10-11-12-13-14-15-18-25(3,4)23(21-26)22-28-19-16-17-20-29-24(27)6-2;1-5-7-8-9-10-11-12-13-14-15-18-25(3,4)21-23(26)22-28-19-16-17-20-29-24(27)6-2/h2*6,23,26H,2,5,7-22H2,1,3-4H3/q2*+1. The summed E-state index contributed by atoms with van der Waals surface area (Å²) in [5, 5.41) is 20.0. The Hall–Kier alpha value is -1.82. The highest BCUT2D eigenvalue weighted by atomic mass is 16.5. The van der Waals surface area contributed by atoms with Crippen LogP contribution in [-0.2, 0) is 28.5 Å². The first kappa shape index (κ1) is 58.3. The van der Waals surface area contributed by atoms with Crippen LogP contribution in [-0.4, -0.2) is 137 Å². The van der Waals surface area contributed by atoms with Gasteiger partial charge in [-0.1, -0.05) is 130 Å². The maximum absolute atomic E-state index is 10.9. The van der Waals surface area contributed by atoms with Crippen molar-refractivity contribution in [1.82, 2.24) is 0 Å². The number of hydrogen-bond acceptors (Lipinski definition) is 8. The van der Waals surface area contributed by atoms with Crippen molar-refractivity contribution in [3.05, 3.63) is 25.3 Å². The minimum Gasteiger partial charge on any atom is -0.463 e. The van der Waals surface area contributed by atoms with E-state index in [-0.39, 0.29) is 24.6 Å². The molecule has 0 amide bonds. The van der Waals surface area contributed by atoms with E-state index >= 15 is 0 Å². The van der Waals surface area contributed by atoms with Crippen LogP contribution in [0.3, 0.4) is 0 Å². The third-order valence-electron chi connectivity index (χ3n) is 10.9. The maximum Gasteiger partial charge on any atom is 0.330 e. The molecule has 0 aliphatic rings. The summed E-state index contributed by atoms with van der Waals surface area (Å²) in [6.07, 6.45) is 32.0. The number of carbonyl (C=O) groups is 2. The number of rotatable bonds is 42. The van der Waals surface area contributed by atoms with Gasteiger partial charge in [0.25, 0.3) is 0 Å². The summed E-state index contributed by atoms with van der Waals surface area (Å²) in [6, 6.07) is 0.104. The molecule has 2 atom stereocenters. The molecule has 2 unspecified atom stereocenters. The minimum absolute atomic E-state index is 0.104. The van der Waals surface area contributed by atoms with E-state index in [1.54, 1.807) is 0 Å². The zero-order valence-electron chi connectivity index (χ0n) is 39.0. The Balaban J connectivity index is 0. The predicted molar refractivity (Wildman–Crippen MR) is 242 cm³/mol. The van der Waals surface area contributed by atoms with E-state index in [1.165, 1.54) is 141 Å². The normalized spacial score (nSPS) is 12.7. The van der Waals surface area contributed by atoms with Gasteiger partial charge in [-0.25, -0.2) is 9.59 Å². The molecule has 0 spiro atoms. The Kier molecular flexibility index (Phi) is 42.1. The van der Waals surface area contributed by atoms with Crippen LogP contribution in [0.2, 0.25) is 0 Å². The van der Waals surface area contributed by atoms with Gasteiger partial charge in [-0.05, 0) is 51.4 Å². The lowest BCUT2D eigenvalue weighted by Gasteiger charge is -2.37. The fourth-order valence-electron chi connectivity index (χ4n) is 6.92. The monoisotopic (exact) mass is 829 g/mol. The van der Waals surface area contributed by atoms with Crippen LogP contribution in [0.1, 0.15) is 168 Å². The molecule has 0 aromatic heterocycles. The SMILES string of the molecule is C=CC(=O)OCCCCOCC(CO)[N+](C)(C)CCCCCCCCCCCC.C=CC(=O)OCCCCOCC(O)C[N+](C)(C)CCCCCCCCCCCC. The van der Waals surface area contributed by atoms with Gasteiger partial charge in [-0.3, -0.25) is 0 Å². The molecule has 0 aromatic carbocycles. The van der Waals surface area contributed by atoms with Crippen LogP contribution in [0.15, 0.2) is 25.3 Å². The lowest BCUT2D eigenvalue weighted by Crippen LogP contribution is -2.53. The summed E-state index contributed by atoms with van der Waals surface area (Å²) >= 11 is 0. The van der Waals surface area contributed by atoms with Gasteiger partial charge in [-0.15, -0.1) is 0 Å². The number of esters is 2. The molecule has 0 aliphatic heterocycles. The maximum atomic E-state index is 10.9. The summed E-state index contributed by atoms with van der Waals surface area (Å²) < 4.78 is 22.8. The van der Waals surface area contributed by atoms with E-state index in [1.807, 2.05) is 0 Å². The highest BCUT2D eigenvalue weighted by Gasteiger charge is 2.27. The Morgan fingerprint density at radius 1 is 0.534 bits per heavy atom. The number of nitrogens with zero attached hydrogens (tertiary/aromatic N) is 2. The van der Waals surface area contributed by atoms with Crippen molar-refractivity contribution in [3.8, 4) is 0 Å². The quantitative estimate of drug-likeness (QED) is 0.0271. The summed E-state index contributed by atoms with van der Waals surface area (Å²) in [7, 11) is 8.75. The van der Waals surface area contributed by atoms with Gasteiger partial charge >= 0.3 is 11.9 Å². The molecule has 0 saturated heterocycles. The third-order valence-corrected chi connectivity index (χ3v) is 10.9. The number of carbonyl (C=O) groups excluding carboxylic acids is 2. The van der Waals surface area contributed by atoms with Crippen LogP contribution in [0.4, 0.5) is 0 Å². The summed E-state index contributed by atoms with van der Waals surface area (Å²) in [5.74, 6) is -0.763. The first-order valence-corrected chi connectivity index (χ1v) is 23.6. The average molecular weight is 829 g/mol. The smallest absolute Gasteiger partial charge is 0.330 e. The number of aliphatic hydroxyl groups is 2. The van der Waals surface area contributed by atoms with Gasteiger partial charge in [-0.2, -0.15) is 0 Å². The van der Waals surface area contributed by atoms with Gasteiger partial charge < -0.3 is 38.1 Å². The second kappa shape index (κ2) is 41.9. The molecule has 0 bridgehead atoms. The molecule has 0 saturated carbocycles. The largest absolute Gasteiger partial charge is 0.463 e. The number of aliphatic hydroxyl groups excluding tert-OH is 2. The molecule has 0 fully saturated rings. The highest BCUT2D eigenvalue weighted by Crippen LogP contribution is 2.15. The molecule has 0 aliphatic carbocycles. The van der Waals surface area contributed by atoms with Gasteiger partial charge in [0, 0.05) is 25.4 Å².